The minimum atomic E-state index is 0.0639. The summed E-state index contributed by atoms with van der Waals surface area (Å²) in [4.78, 5) is 4.98. The second-order valence-electron chi connectivity index (χ2n) is 7.23. The van der Waals surface area contributed by atoms with E-state index in [1.54, 1.807) is 0 Å². The van der Waals surface area contributed by atoms with Gasteiger partial charge in [0, 0.05) is 44.3 Å². The van der Waals surface area contributed by atoms with Crippen molar-refractivity contribution in [2.45, 2.75) is 6.54 Å². The summed E-state index contributed by atoms with van der Waals surface area (Å²) in [7, 11) is 0. The standard InChI is InChI=1S/C23H31ClN2O3/c24-22-7-5-20(6-8-22)23-4-2-1-3-21(23)19-26-11-9-25(10-12-26)13-15-28-17-18-29-16-14-27/h1-8,27H,9-19H2. The predicted molar refractivity (Wildman–Crippen MR) is 117 cm³/mol. The van der Waals surface area contributed by atoms with Crippen molar-refractivity contribution in [2.75, 3.05) is 65.8 Å². The third-order valence-electron chi connectivity index (χ3n) is 5.19. The Hall–Kier alpha value is -1.47. The molecule has 1 fully saturated rings. The average Bonchev–Trinajstić information content (AvgIpc) is 2.75. The molecule has 0 spiro atoms. The third-order valence-corrected chi connectivity index (χ3v) is 5.44. The fourth-order valence-corrected chi connectivity index (χ4v) is 3.69. The molecule has 5 nitrogen and oxygen atoms in total. The molecule has 6 heteroatoms. The molecule has 1 saturated heterocycles. The summed E-state index contributed by atoms with van der Waals surface area (Å²) in [6.45, 7) is 8.47. The van der Waals surface area contributed by atoms with E-state index in [1.165, 1.54) is 16.7 Å². The third kappa shape index (κ3) is 7.37. The molecule has 2 aromatic carbocycles. The van der Waals surface area contributed by atoms with Crippen LogP contribution in [0.5, 0.6) is 0 Å². The first kappa shape index (κ1) is 22.2. The lowest BCUT2D eigenvalue weighted by Crippen LogP contribution is -2.46. The zero-order valence-electron chi connectivity index (χ0n) is 16.9. The van der Waals surface area contributed by atoms with Gasteiger partial charge in [0.05, 0.1) is 33.0 Å². The molecule has 1 aliphatic rings. The number of hydrogen-bond acceptors (Lipinski definition) is 5. The lowest BCUT2D eigenvalue weighted by atomic mass is 9.99. The van der Waals surface area contributed by atoms with Crippen LogP contribution in [0.4, 0.5) is 0 Å². The van der Waals surface area contributed by atoms with Crippen LogP contribution in [-0.2, 0) is 16.0 Å². The second kappa shape index (κ2) is 12.3. The van der Waals surface area contributed by atoms with E-state index in [1.807, 2.05) is 12.1 Å². The van der Waals surface area contributed by atoms with E-state index in [-0.39, 0.29) is 6.61 Å². The zero-order valence-corrected chi connectivity index (χ0v) is 17.7. The molecule has 0 saturated carbocycles. The van der Waals surface area contributed by atoms with Crippen LogP contribution in [0.2, 0.25) is 5.02 Å². The Morgan fingerprint density at radius 3 is 2.17 bits per heavy atom. The van der Waals surface area contributed by atoms with Gasteiger partial charge in [-0.15, -0.1) is 0 Å². The molecular weight excluding hydrogens is 388 g/mol. The van der Waals surface area contributed by atoms with Gasteiger partial charge in [0.25, 0.3) is 0 Å². The highest BCUT2D eigenvalue weighted by Crippen LogP contribution is 2.26. The van der Waals surface area contributed by atoms with Crippen molar-refractivity contribution >= 4 is 11.6 Å². The molecule has 0 unspecified atom stereocenters. The fourth-order valence-electron chi connectivity index (χ4n) is 3.56. The van der Waals surface area contributed by atoms with E-state index < -0.39 is 0 Å². The molecule has 1 aliphatic heterocycles. The van der Waals surface area contributed by atoms with Crippen LogP contribution >= 0.6 is 11.6 Å². The SMILES string of the molecule is OCCOCCOCCN1CCN(Cc2ccccc2-c2ccc(Cl)cc2)CC1. The summed E-state index contributed by atoms with van der Waals surface area (Å²) in [6.07, 6.45) is 0. The lowest BCUT2D eigenvalue weighted by molar-refractivity contribution is 0.0214. The Balaban J connectivity index is 1.42. The summed E-state index contributed by atoms with van der Waals surface area (Å²) in [5.41, 5.74) is 3.85. The zero-order chi connectivity index (χ0) is 20.3. The summed E-state index contributed by atoms with van der Waals surface area (Å²) in [6, 6.07) is 16.7. The molecule has 158 valence electrons. The highest BCUT2D eigenvalue weighted by atomic mass is 35.5. The number of benzene rings is 2. The van der Waals surface area contributed by atoms with E-state index in [0.29, 0.717) is 19.8 Å². The van der Waals surface area contributed by atoms with Gasteiger partial charge in [0.1, 0.15) is 0 Å². The normalized spacial score (nSPS) is 15.7. The molecule has 29 heavy (non-hydrogen) atoms. The molecular formula is C23H31ClN2O3. The monoisotopic (exact) mass is 418 g/mol. The Morgan fingerprint density at radius 1 is 0.793 bits per heavy atom. The maximum atomic E-state index is 8.66. The predicted octanol–water partition coefficient (Wildman–Crippen LogP) is 3.15. The highest BCUT2D eigenvalue weighted by molar-refractivity contribution is 6.30. The van der Waals surface area contributed by atoms with Crippen molar-refractivity contribution in [1.82, 2.24) is 9.80 Å². The van der Waals surface area contributed by atoms with Gasteiger partial charge in [0.2, 0.25) is 0 Å². The van der Waals surface area contributed by atoms with Gasteiger partial charge in [-0.25, -0.2) is 0 Å². The van der Waals surface area contributed by atoms with Crippen molar-refractivity contribution in [3.8, 4) is 11.1 Å². The average molecular weight is 419 g/mol. The van der Waals surface area contributed by atoms with Gasteiger partial charge in [-0.2, -0.15) is 0 Å². The highest BCUT2D eigenvalue weighted by Gasteiger charge is 2.18. The molecule has 2 aromatic rings. The molecule has 0 bridgehead atoms. The fraction of sp³-hybridized carbons (Fsp3) is 0.478. The first-order valence-electron chi connectivity index (χ1n) is 10.3. The van der Waals surface area contributed by atoms with Crippen molar-refractivity contribution in [1.29, 1.82) is 0 Å². The minimum absolute atomic E-state index is 0.0639. The number of aliphatic hydroxyl groups is 1. The minimum Gasteiger partial charge on any atom is -0.394 e. The Bertz CT molecular complexity index is 718. The number of nitrogens with zero attached hydrogens (tertiary/aromatic N) is 2. The van der Waals surface area contributed by atoms with Crippen LogP contribution < -0.4 is 0 Å². The number of piperazine rings is 1. The number of halogens is 1. The van der Waals surface area contributed by atoms with Gasteiger partial charge >= 0.3 is 0 Å². The van der Waals surface area contributed by atoms with Crippen LogP contribution in [0.25, 0.3) is 11.1 Å². The maximum Gasteiger partial charge on any atom is 0.0701 e. The van der Waals surface area contributed by atoms with Gasteiger partial charge in [-0.1, -0.05) is 48.0 Å². The van der Waals surface area contributed by atoms with E-state index in [0.717, 1.165) is 50.9 Å². The lowest BCUT2D eigenvalue weighted by Gasteiger charge is -2.35. The molecule has 0 atom stereocenters. The number of aliphatic hydroxyl groups excluding tert-OH is 1. The molecule has 3 rings (SSSR count). The summed E-state index contributed by atoms with van der Waals surface area (Å²) < 4.78 is 10.8. The van der Waals surface area contributed by atoms with E-state index in [2.05, 4.69) is 46.2 Å². The van der Waals surface area contributed by atoms with Gasteiger partial charge in [-0.3, -0.25) is 9.80 Å². The Morgan fingerprint density at radius 2 is 1.45 bits per heavy atom. The van der Waals surface area contributed by atoms with Crippen molar-refractivity contribution < 1.29 is 14.6 Å². The first-order valence-corrected chi connectivity index (χ1v) is 10.7. The maximum absolute atomic E-state index is 8.66. The quantitative estimate of drug-likeness (QED) is 0.568. The summed E-state index contributed by atoms with van der Waals surface area (Å²) >= 11 is 6.04. The van der Waals surface area contributed by atoms with E-state index in [4.69, 9.17) is 26.2 Å². The Labute approximate surface area is 178 Å². The van der Waals surface area contributed by atoms with Gasteiger partial charge in [0.15, 0.2) is 0 Å². The molecule has 0 aliphatic carbocycles. The van der Waals surface area contributed by atoms with Gasteiger partial charge < -0.3 is 14.6 Å². The second-order valence-corrected chi connectivity index (χ2v) is 7.67. The smallest absolute Gasteiger partial charge is 0.0701 e. The topological polar surface area (TPSA) is 45.2 Å². The Kier molecular flexibility index (Phi) is 9.41. The van der Waals surface area contributed by atoms with Crippen molar-refractivity contribution in [2.24, 2.45) is 0 Å². The van der Waals surface area contributed by atoms with Crippen molar-refractivity contribution in [3.63, 3.8) is 0 Å². The van der Waals surface area contributed by atoms with Crippen LogP contribution in [-0.4, -0.2) is 80.7 Å². The largest absolute Gasteiger partial charge is 0.394 e. The van der Waals surface area contributed by atoms with E-state index in [9.17, 15) is 0 Å². The number of ether oxygens (including phenoxy) is 2. The first-order chi connectivity index (χ1) is 14.3. The van der Waals surface area contributed by atoms with Crippen LogP contribution in [0, 0.1) is 0 Å². The summed E-state index contributed by atoms with van der Waals surface area (Å²) in [5, 5.41) is 9.42. The molecule has 1 N–H and O–H groups in total. The van der Waals surface area contributed by atoms with Crippen molar-refractivity contribution in [3.05, 3.63) is 59.1 Å². The number of hydrogen-bond donors (Lipinski definition) is 1. The summed E-state index contributed by atoms with van der Waals surface area (Å²) in [5.74, 6) is 0. The van der Waals surface area contributed by atoms with Crippen LogP contribution in [0.1, 0.15) is 5.56 Å². The molecule has 0 aromatic heterocycles. The van der Waals surface area contributed by atoms with Gasteiger partial charge in [-0.05, 0) is 28.8 Å². The number of rotatable bonds is 11. The van der Waals surface area contributed by atoms with Crippen LogP contribution in [0.15, 0.2) is 48.5 Å². The van der Waals surface area contributed by atoms with E-state index >= 15 is 0 Å². The molecule has 1 heterocycles. The molecule has 0 amide bonds. The van der Waals surface area contributed by atoms with Crippen LogP contribution in [0.3, 0.4) is 0 Å². The molecule has 0 radical (unpaired) electrons.